The van der Waals surface area contributed by atoms with E-state index in [0.717, 1.165) is 9.88 Å². The number of imide groups is 1. The van der Waals surface area contributed by atoms with E-state index in [2.05, 4.69) is 18.7 Å². The minimum atomic E-state index is -0.853. The number of carbonyl (C=O) groups excluding carboxylic acids is 2. The maximum atomic E-state index is 13.6. The van der Waals surface area contributed by atoms with Gasteiger partial charge >= 0.3 is 0 Å². The Balaban J connectivity index is 1.57. The van der Waals surface area contributed by atoms with Crippen LogP contribution >= 0.6 is 24.0 Å². The zero-order valence-electron chi connectivity index (χ0n) is 17.5. The lowest BCUT2D eigenvalue weighted by Gasteiger charge is -2.39. The third kappa shape index (κ3) is 3.04. The van der Waals surface area contributed by atoms with Crippen LogP contribution in [0.25, 0.3) is 0 Å². The molecule has 3 aliphatic heterocycles. The number of thiocarbonyl (C=S) groups is 1. The Hall–Kier alpha value is -2.26. The van der Waals surface area contributed by atoms with Crippen molar-refractivity contribution in [3.05, 3.63) is 66.2 Å². The summed E-state index contributed by atoms with van der Waals surface area (Å²) in [6, 6.07) is 18.5. The molecule has 4 atom stereocenters. The molecule has 0 unspecified atom stereocenters. The molecule has 3 heterocycles. The van der Waals surface area contributed by atoms with Crippen molar-refractivity contribution < 1.29 is 14.4 Å². The van der Waals surface area contributed by atoms with Crippen molar-refractivity contribution in [3.63, 3.8) is 0 Å². The quantitative estimate of drug-likeness (QED) is 0.520. The Labute approximate surface area is 191 Å². The summed E-state index contributed by atoms with van der Waals surface area (Å²) in [6.45, 7) is 4.20. The van der Waals surface area contributed by atoms with Crippen LogP contribution in [0.15, 0.2) is 60.7 Å². The number of rotatable bonds is 3. The highest BCUT2D eigenvalue weighted by atomic mass is 32.2. The fraction of sp³-hybridized carbons (Fsp3) is 0.348. The molecule has 0 spiro atoms. The first kappa shape index (κ1) is 20.6. The van der Waals surface area contributed by atoms with Crippen LogP contribution in [-0.4, -0.2) is 50.2 Å². The number of hydrogen-bond acceptors (Lipinski definition) is 6. The molecule has 0 bridgehead atoms. The Bertz CT molecular complexity index is 1050. The number of hydroxylamine groups is 2. The van der Waals surface area contributed by atoms with E-state index in [0.29, 0.717) is 5.69 Å². The molecule has 3 fully saturated rings. The molecule has 8 heteroatoms. The summed E-state index contributed by atoms with van der Waals surface area (Å²) in [7, 11) is 1.97. The normalized spacial score (nSPS) is 30.4. The van der Waals surface area contributed by atoms with Crippen LogP contribution in [-0.2, 0) is 14.4 Å². The molecular formula is C23H23N3O3S2. The molecule has 5 rings (SSSR count). The first-order valence-corrected chi connectivity index (χ1v) is 11.5. The zero-order chi connectivity index (χ0) is 21.9. The molecule has 2 amide bonds. The van der Waals surface area contributed by atoms with Gasteiger partial charge in [0.05, 0.1) is 23.2 Å². The largest absolute Gasteiger partial charge is 0.353 e. The number of hydrogen-bond donors (Lipinski definition) is 0. The molecule has 160 valence electrons. The standard InChI is InChI=1S/C23H23N3O3S2/c1-23(2)21(31-22(30)24(23)3)26-17(14-10-6-4-7-11-14)16-18(29-26)20(28)25(19(16)27)15-12-8-5-9-13-15/h4-13,16-18,21H,1-3H3/t16-,17-,18+,21+/m1/s1. The van der Waals surface area contributed by atoms with E-state index in [1.807, 2.05) is 60.6 Å². The number of thioether (sulfide) groups is 1. The van der Waals surface area contributed by atoms with E-state index in [9.17, 15) is 9.59 Å². The fourth-order valence-corrected chi connectivity index (χ4v) is 6.38. The van der Waals surface area contributed by atoms with Crippen LogP contribution < -0.4 is 4.90 Å². The van der Waals surface area contributed by atoms with Crippen LogP contribution in [0.5, 0.6) is 0 Å². The summed E-state index contributed by atoms with van der Waals surface area (Å²) in [5.41, 5.74) is 1.19. The van der Waals surface area contributed by atoms with Crippen LogP contribution in [0, 0.1) is 5.92 Å². The van der Waals surface area contributed by atoms with Gasteiger partial charge in [0.1, 0.15) is 9.69 Å². The summed E-state index contributed by atoms with van der Waals surface area (Å²) in [4.78, 5) is 36.6. The highest BCUT2D eigenvalue weighted by molar-refractivity contribution is 8.23. The molecule has 0 aliphatic carbocycles. The molecule has 2 aromatic carbocycles. The number of carbonyl (C=O) groups is 2. The minimum Gasteiger partial charge on any atom is -0.353 e. The highest BCUT2D eigenvalue weighted by Crippen LogP contribution is 2.52. The van der Waals surface area contributed by atoms with Gasteiger partial charge in [-0.1, -0.05) is 72.5 Å². The lowest BCUT2D eigenvalue weighted by molar-refractivity contribution is -0.188. The summed E-state index contributed by atoms with van der Waals surface area (Å²) < 4.78 is 0.769. The second-order valence-electron chi connectivity index (χ2n) is 8.56. The lowest BCUT2D eigenvalue weighted by atomic mass is 9.90. The monoisotopic (exact) mass is 453 g/mol. The SMILES string of the molecule is CN1C(=S)S[C@H](N2O[C@@H]3C(=O)N(c4ccccc4)C(=O)[C@@H]3[C@H]2c2ccccc2)C1(C)C. The number of fused-ring (bicyclic) bond motifs is 1. The summed E-state index contributed by atoms with van der Waals surface area (Å²) in [6.07, 6.45) is -0.853. The van der Waals surface area contributed by atoms with Crippen molar-refractivity contribution >= 4 is 45.8 Å². The maximum Gasteiger partial charge on any atom is 0.265 e. The van der Waals surface area contributed by atoms with Crippen molar-refractivity contribution in [3.8, 4) is 0 Å². The average molecular weight is 454 g/mol. The second kappa shape index (κ2) is 7.41. The highest BCUT2D eigenvalue weighted by Gasteiger charge is 2.63. The van der Waals surface area contributed by atoms with Gasteiger partial charge in [-0.25, -0.2) is 4.90 Å². The van der Waals surface area contributed by atoms with Gasteiger partial charge in [0.2, 0.25) is 5.91 Å². The minimum absolute atomic E-state index is 0.161. The van der Waals surface area contributed by atoms with Gasteiger partial charge in [0.15, 0.2) is 6.10 Å². The van der Waals surface area contributed by atoms with Gasteiger partial charge in [0, 0.05) is 7.05 Å². The Morgan fingerprint density at radius 3 is 2.16 bits per heavy atom. The number of amides is 2. The van der Waals surface area contributed by atoms with Crippen LogP contribution in [0.1, 0.15) is 25.5 Å². The van der Waals surface area contributed by atoms with Gasteiger partial charge < -0.3 is 4.90 Å². The molecule has 0 saturated carbocycles. The molecule has 0 N–H and O–H groups in total. The summed E-state index contributed by atoms with van der Waals surface area (Å²) in [5, 5.41) is 1.69. The molecule has 3 aliphatic rings. The fourth-order valence-electron chi connectivity index (χ4n) is 4.55. The van der Waals surface area contributed by atoms with E-state index >= 15 is 0 Å². The topological polar surface area (TPSA) is 53.1 Å². The third-order valence-electron chi connectivity index (χ3n) is 6.49. The molecule has 3 saturated heterocycles. The first-order chi connectivity index (χ1) is 14.8. The number of likely N-dealkylation sites (N-methyl/N-ethyl adjacent to an activating group) is 1. The smallest absolute Gasteiger partial charge is 0.265 e. The van der Waals surface area contributed by atoms with Crippen LogP contribution in [0.4, 0.5) is 5.69 Å². The molecule has 0 aromatic heterocycles. The molecule has 0 radical (unpaired) electrons. The summed E-state index contributed by atoms with van der Waals surface area (Å²) in [5.74, 6) is -1.17. The van der Waals surface area contributed by atoms with Crippen molar-refractivity contribution in [2.45, 2.75) is 36.9 Å². The number of benzene rings is 2. The Kier molecular flexibility index (Phi) is 4.93. The number of anilines is 1. The second-order valence-corrected chi connectivity index (χ2v) is 10.3. The van der Waals surface area contributed by atoms with Crippen molar-refractivity contribution in [1.29, 1.82) is 0 Å². The maximum absolute atomic E-state index is 13.6. The Morgan fingerprint density at radius 2 is 1.58 bits per heavy atom. The third-order valence-corrected chi connectivity index (χ3v) is 8.53. The number of nitrogens with zero attached hydrogens (tertiary/aromatic N) is 3. The molecule has 6 nitrogen and oxygen atoms in total. The molecule has 2 aromatic rings. The van der Waals surface area contributed by atoms with Crippen molar-refractivity contribution in [2.24, 2.45) is 5.92 Å². The summed E-state index contributed by atoms with van der Waals surface area (Å²) >= 11 is 7.09. The van der Waals surface area contributed by atoms with E-state index in [1.54, 1.807) is 12.1 Å². The van der Waals surface area contributed by atoms with Gasteiger partial charge in [-0.2, -0.15) is 5.06 Å². The predicted octanol–water partition coefficient (Wildman–Crippen LogP) is 3.60. The van der Waals surface area contributed by atoms with E-state index in [1.165, 1.54) is 16.7 Å². The van der Waals surface area contributed by atoms with Crippen LogP contribution in [0.3, 0.4) is 0 Å². The van der Waals surface area contributed by atoms with Crippen molar-refractivity contribution in [1.82, 2.24) is 9.96 Å². The zero-order valence-corrected chi connectivity index (χ0v) is 19.1. The lowest BCUT2D eigenvalue weighted by Crippen LogP contribution is -2.51. The van der Waals surface area contributed by atoms with Crippen molar-refractivity contribution in [2.75, 3.05) is 11.9 Å². The first-order valence-electron chi connectivity index (χ1n) is 10.2. The van der Waals surface area contributed by atoms with Gasteiger partial charge in [-0.15, -0.1) is 0 Å². The van der Waals surface area contributed by atoms with E-state index in [4.69, 9.17) is 17.1 Å². The average Bonchev–Trinajstić information content (AvgIpc) is 3.34. The van der Waals surface area contributed by atoms with Gasteiger partial charge in [-0.05, 0) is 31.5 Å². The van der Waals surface area contributed by atoms with Crippen LogP contribution in [0.2, 0.25) is 0 Å². The van der Waals surface area contributed by atoms with Gasteiger partial charge in [-0.3, -0.25) is 14.4 Å². The Morgan fingerprint density at radius 1 is 0.968 bits per heavy atom. The molecular weight excluding hydrogens is 430 g/mol. The predicted molar refractivity (Wildman–Crippen MR) is 124 cm³/mol. The van der Waals surface area contributed by atoms with E-state index < -0.39 is 12.0 Å². The van der Waals surface area contributed by atoms with Gasteiger partial charge in [0.25, 0.3) is 5.91 Å². The molecule has 31 heavy (non-hydrogen) atoms. The van der Waals surface area contributed by atoms with E-state index in [-0.39, 0.29) is 28.8 Å². The number of para-hydroxylation sites is 1.